The summed E-state index contributed by atoms with van der Waals surface area (Å²) in [6, 6.07) is 0.326. The molecule has 0 aromatic heterocycles. The number of primary amides is 1. The van der Waals surface area contributed by atoms with Crippen LogP contribution in [0.2, 0.25) is 0 Å². The summed E-state index contributed by atoms with van der Waals surface area (Å²) in [4.78, 5) is 60.6. The largest absolute Gasteiger partial charge is 0.508 e. The molecule has 13 nitrogen and oxygen atoms in total. The zero-order chi connectivity index (χ0) is 26.9. The van der Waals surface area contributed by atoms with Crippen LogP contribution >= 0.6 is 0 Å². The van der Waals surface area contributed by atoms with Crippen molar-refractivity contribution in [2.75, 3.05) is 0 Å². The number of hydrogen-bond acceptors (Lipinski definition) is 8. The van der Waals surface area contributed by atoms with Gasteiger partial charge in [-0.25, -0.2) is 4.79 Å². The number of aromatic hydroxyl groups is 1. The van der Waals surface area contributed by atoms with Crippen LogP contribution in [0.4, 0.5) is 0 Å². The van der Waals surface area contributed by atoms with Gasteiger partial charge in [0.05, 0.1) is 18.6 Å². The fraction of sp³-hybridized carbons (Fsp3) is 0.500. The Balaban J connectivity index is 3.13. The SMILES string of the molecule is CC(C)C(NC(=O)C(Cc1ccc(O)cc1)NC(=O)C(NC(=O)C(N)CC(N)=O)C(C)O)C(=O)O. The maximum atomic E-state index is 13.0. The first-order valence-electron chi connectivity index (χ1n) is 10.9. The molecular formula is C22H33N5O8. The van der Waals surface area contributed by atoms with Crippen LogP contribution in [0, 0.1) is 5.92 Å². The third kappa shape index (κ3) is 9.59. The van der Waals surface area contributed by atoms with E-state index in [9.17, 15) is 39.3 Å². The van der Waals surface area contributed by atoms with E-state index in [4.69, 9.17) is 11.5 Å². The van der Waals surface area contributed by atoms with Crippen molar-refractivity contribution >= 4 is 29.6 Å². The van der Waals surface area contributed by atoms with Crippen molar-refractivity contribution in [3.05, 3.63) is 29.8 Å². The summed E-state index contributed by atoms with van der Waals surface area (Å²) in [5.74, 6) is -5.26. The van der Waals surface area contributed by atoms with Gasteiger partial charge in [0, 0.05) is 6.42 Å². The maximum absolute atomic E-state index is 13.0. The molecule has 5 unspecified atom stereocenters. The third-order valence-corrected chi connectivity index (χ3v) is 5.06. The Morgan fingerprint density at radius 1 is 0.886 bits per heavy atom. The lowest BCUT2D eigenvalue weighted by atomic mass is 10.0. The van der Waals surface area contributed by atoms with Crippen LogP contribution in [0.3, 0.4) is 0 Å². The molecule has 0 aliphatic carbocycles. The van der Waals surface area contributed by atoms with E-state index in [0.29, 0.717) is 5.56 Å². The van der Waals surface area contributed by atoms with E-state index < -0.39 is 72.2 Å². The number of phenols is 1. The fourth-order valence-corrected chi connectivity index (χ4v) is 3.08. The smallest absolute Gasteiger partial charge is 0.326 e. The highest BCUT2D eigenvalue weighted by Crippen LogP contribution is 2.12. The number of aliphatic carboxylic acids is 1. The van der Waals surface area contributed by atoms with Crippen LogP contribution in [0.25, 0.3) is 0 Å². The van der Waals surface area contributed by atoms with Crippen LogP contribution < -0.4 is 27.4 Å². The first-order valence-corrected chi connectivity index (χ1v) is 10.9. The van der Waals surface area contributed by atoms with Crippen molar-refractivity contribution < 1.29 is 39.3 Å². The number of aliphatic hydroxyl groups is 1. The number of aliphatic hydroxyl groups excluding tert-OH is 1. The molecule has 0 bridgehead atoms. The highest BCUT2D eigenvalue weighted by atomic mass is 16.4. The number of carboxylic acid groups (broad SMARTS) is 1. The summed E-state index contributed by atoms with van der Waals surface area (Å²) in [5, 5.41) is 35.9. The molecule has 0 spiro atoms. The van der Waals surface area contributed by atoms with Gasteiger partial charge in [-0.2, -0.15) is 0 Å². The standard InChI is InChI=1S/C22H33N5O8/c1-10(2)17(22(34)35)26-20(32)15(8-12-4-6-13(29)7-5-12)25-21(33)18(11(3)28)27-19(31)14(23)9-16(24)30/h4-7,10-11,14-15,17-18,28-29H,8-9,23H2,1-3H3,(H2,24,30)(H,25,33)(H,26,32)(H,27,31)(H,34,35). The molecule has 0 radical (unpaired) electrons. The normalized spacial score (nSPS) is 15.3. The predicted molar refractivity (Wildman–Crippen MR) is 124 cm³/mol. The van der Waals surface area contributed by atoms with Crippen molar-refractivity contribution in [1.82, 2.24) is 16.0 Å². The molecule has 0 fully saturated rings. The number of carbonyl (C=O) groups excluding carboxylic acids is 4. The van der Waals surface area contributed by atoms with E-state index in [-0.39, 0.29) is 12.2 Å². The fourth-order valence-electron chi connectivity index (χ4n) is 3.08. The molecule has 0 aliphatic heterocycles. The van der Waals surface area contributed by atoms with E-state index in [1.165, 1.54) is 31.2 Å². The summed E-state index contributed by atoms with van der Waals surface area (Å²) in [7, 11) is 0. The van der Waals surface area contributed by atoms with E-state index in [0.717, 1.165) is 0 Å². The Morgan fingerprint density at radius 3 is 1.89 bits per heavy atom. The monoisotopic (exact) mass is 495 g/mol. The second kappa shape index (κ2) is 13.2. The van der Waals surface area contributed by atoms with E-state index in [2.05, 4.69) is 16.0 Å². The van der Waals surface area contributed by atoms with Crippen molar-refractivity contribution in [1.29, 1.82) is 0 Å². The van der Waals surface area contributed by atoms with Gasteiger partial charge >= 0.3 is 5.97 Å². The highest BCUT2D eigenvalue weighted by Gasteiger charge is 2.33. The second-order valence-corrected chi connectivity index (χ2v) is 8.50. The number of nitrogens with one attached hydrogen (secondary N) is 3. The average molecular weight is 496 g/mol. The second-order valence-electron chi connectivity index (χ2n) is 8.50. The summed E-state index contributed by atoms with van der Waals surface area (Å²) in [5.41, 5.74) is 11.1. The average Bonchev–Trinajstić information content (AvgIpc) is 2.75. The van der Waals surface area contributed by atoms with Crippen LogP contribution in [0.5, 0.6) is 5.75 Å². The molecule has 0 saturated carbocycles. The van der Waals surface area contributed by atoms with Gasteiger partial charge in [-0.15, -0.1) is 0 Å². The van der Waals surface area contributed by atoms with Gasteiger partial charge in [0.1, 0.15) is 23.9 Å². The minimum Gasteiger partial charge on any atom is -0.508 e. The Kier molecular flexibility index (Phi) is 11.1. The molecule has 35 heavy (non-hydrogen) atoms. The molecule has 194 valence electrons. The molecule has 0 heterocycles. The minimum absolute atomic E-state index is 0.0197. The summed E-state index contributed by atoms with van der Waals surface area (Å²) in [6.07, 6.45) is -2.00. The Hall–Kier alpha value is -3.71. The highest BCUT2D eigenvalue weighted by molar-refractivity contribution is 5.95. The number of rotatable bonds is 13. The quantitative estimate of drug-likeness (QED) is 0.147. The first kappa shape index (κ1) is 29.3. The van der Waals surface area contributed by atoms with Crippen LogP contribution in [-0.4, -0.2) is 75.2 Å². The van der Waals surface area contributed by atoms with E-state index >= 15 is 0 Å². The van der Waals surface area contributed by atoms with Gasteiger partial charge in [0.25, 0.3) is 0 Å². The number of amides is 4. The summed E-state index contributed by atoms with van der Waals surface area (Å²) >= 11 is 0. The molecule has 13 heteroatoms. The van der Waals surface area contributed by atoms with Gasteiger partial charge in [-0.1, -0.05) is 26.0 Å². The van der Waals surface area contributed by atoms with E-state index in [1.54, 1.807) is 13.8 Å². The molecule has 1 rings (SSSR count). The van der Waals surface area contributed by atoms with Crippen LogP contribution in [0.1, 0.15) is 32.8 Å². The van der Waals surface area contributed by atoms with Gasteiger partial charge < -0.3 is 42.7 Å². The summed E-state index contributed by atoms with van der Waals surface area (Å²) < 4.78 is 0. The molecule has 5 atom stereocenters. The van der Waals surface area contributed by atoms with Crippen LogP contribution in [-0.2, 0) is 30.4 Å². The number of carboxylic acids is 1. The minimum atomic E-state index is -1.54. The first-order chi connectivity index (χ1) is 16.2. The van der Waals surface area contributed by atoms with Crippen LogP contribution in [0.15, 0.2) is 24.3 Å². The predicted octanol–water partition coefficient (Wildman–Crippen LogP) is -2.29. The maximum Gasteiger partial charge on any atom is 0.326 e. The zero-order valence-corrected chi connectivity index (χ0v) is 19.7. The van der Waals surface area contributed by atoms with Crippen molar-refractivity contribution in [2.45, 2.75) is 63.9 Å². The number of benzene rings is 1. The lowest BCUT2D eigenvalue weighted by molar-refractivity contribution is -0.143. The van der Waals surface area contributed by atoms with E-state index in [1.807, 2.05) is 0 Å². The van der Waals surface area contributed by atoms with Crippen molar-refractivity contribution in [2.24, 2.45) is 17.4 Å². The zero-order valence-electron chi connectivity index (χ0n) is 19.7. The number of nitrogens with two attached hydrogens (primary N) is 2. The van der Waals surface area contributed by atoms with Gasteiger partial charge in [-0.3, -0.25) is 19.2 Å². The molecule has 4 amide bonds. The summed E-state index contributed by atoms with van der Waals surface area (Å²) in [6.45, 7) is 4.42. The number of hydrogen-bond donors (Lipinski definition) is 8. The van der Waals surface area contributed by atoms with Gasteiger partial charge in [0.2, 0.25) is 23.6 Å². The molecule has 0 aliphatic rings. The van der Waals surface area contributed by atoms with Crippen molar-refractivity contribution in [3.63, 3.8) is 0 Å². The molecule has 0 saturated heterocycles. The molecule has 10 N–H and O–H groups in total. The van der Waals surface area contributed by atoms with Gasteiger partial charge in [0.15, 0.2) is 0 Å². The Labute approximate surface area is 202 Å². The lowest BCUT2D eigenvalue weighted by Crippen LogP contribution is -2.60. The van der Waals surface area contributed by atoms with Crippen molar-refractivity contribution in [3.8, 4) is 5.75 Å². The number of phenolic OH excluding ortho intramolecular Hbond substituents is 1. The number of carbonyl (C=O) groups is 5. The topological polar surface area (TPSA) is 234 Å². The molecule has 1 aromatic carbocycles. The Bertz CT molecular complexity index is 919. The molecule has 1 aromatic rings. The lowest BCUT2D eigenvalue weighted by Gasteiger charge is -2.27. The molecular weight excluding hydrogens is 462 g/mol. The van der Waals surface area contributed by atoms with Gasteiger partial charge in [-0.05, 0) is 30.5 Å². The third-order valence-electron chi connectivity index (χ3n) is 5.06. The Morgan fingerprint density at radius 2 is 1.43 bits per heavy atom.